The molecule has 0 spiro atoms. The molecule has 0 aromatic heterocycles. The first-order valence-corrected chi connectivity index (χ1v) is 12.1. The molecule has 3 rings (SSSR count). The molecule has 0 fully saturated rings. The Morgan fingerprint density at radius 3 is 2.14 bits per heavy atom. The summed E-state index contributed by atoms with van der Waals surface area (Å²) in [6.07, 6.45) is 3.52. The van der Waals surface area contributed by atoms with Gasteiger partial charge in [-0.1, -0.05) is 65.3 Å². The van der Waals surface area contributed by atoms with E-state index in [-0.39, 0.29) is 16.6 Å². The van der Waals surface area contributed by atoms with Crippen LogP contribution in [0, 0.1) is 0 Å². The van der Waals surface area contributed by atoms with Crippen molar-refractivity contribution in [1.29, 1.82) is 0 Å². The first-order chi connectivity index (χ1) is 13.3. The second kappa shape index (κ2) is 9.11. The molecule has 1 aliphatic carbocycles. The Hall–Kier alpha value is -0.847. The van der Waals surface area contributed by atoms with Crippen LogP contribution in [0.4, 0.5) is 0 Å². The first kappa shape index (κ1) is 24.4. The van der Waals surface area contributed by atoms with Gasteiger partial charge >= 0.3 is 95.2 Å². The van der Waals surface area contributed by atoms with Crippen LogP contribution < -0.4 is 5.11 Å². The van der Waals surface area contributed by atoms with Gasteiger partial charge in [0.1, 0.15) is 0 Å². The number of aryl methyl sites for hydroxylation is 1. The van der Waals surface area contributed by atoms with Gasteiger partial charge in [0.05, 0.1) is 0 Å². The Morgan fingerprint density at radius 2 is 1.62 bits per heavy atom. The molecule has 0 saturated carbocycles. The number of benzene rings is 2. The van der Waals surface area contributed by atoms with Crippen molar-refractivity contribution in [3.63, 3.8) is 0 Å². The van der Waals surface area contributed by atoms with Gasteiger partial charge in [-0.15, -0.1) is 5.75 Å². The van der Waals surface area contributed by atoms with Gasteiger partial charge in [-0.2, -0.15) is 0 Å². The molecule has 1 atom stereocenters. The van der Waals surface area contributed by atoms with E-state index in [1.54, 1.807) is 36.3 Å². The van der Waals surface area contributed by atoms with E-state index in [0.717, 1.165) is 17.5 Å². The van der Waals surface area contributed by atoms with E-state index in [9.17, 15) is 5.11 Å². The van der Waals surface area contributed by atoms with Crippen LogP contribution in [0.2, 0.25) is 5.02 Å². The van der Waals surface area contributed by atoms with Crippen molar-refractivity contribution < 1.29 is 29.8 Å². The molecule has 3 heteroatoms. The van der Waals surface area contributed by atoms with E-state index in [1.165, 1.54) is 16.7 Å². The Bertz CT molecular complexity index is 914. The summed E-state index contributed by atoms with van der Waals surface area (Å²) in [4.78, 5) is 0. The summed E-state index contributed by atoms with van der Waals surface area (Å²) in [5.74, 6) is 0.0329. The Morgan fingerprint density at radius 1 is 1.00 bits per heavy atom. The molecule has 0 aliphatic heterocycles. The van der Waals surface area contributed by atoms with Crippen LogP contribution in [0.15, 0.2) is 35.9 Å². The quantitative estimate of drug-likeness (QED) is 0.415. The Balaban J connectivity index is 0.000000211. The van der Waals surface area contributed by atoms with Crippen molar-refractivity contribution in [2.45, 2.75) is 76.3 Å². The summed E-state index contributed by atoms with van der Waals surface area (Å²) in [5, 5.41) is 12.5. The summed E-state index contributed by atoms with van der Waals surface area (Å²) >= 11 is 8.00. The first-order valence-electron chi connectivity index (χ1n) is 10.3. The number of hydrogen-bond acceptors (Lipinski definition) is 1. The van der Waals surface area contributed by atoms with E-state index in [4.69, 9.17) is 11.6 Å². The van der Waals surface area contributed by atoms with Crippen LogP contribution in [0.1, 0.15) is 86.8 Å². The van der Waals surface area contributed by atoms with E-state index in [1.807, 2.05) is 26.8 Å². The van der Waals surface area contributed by atoms with Gasteiger partial charge < -0.3 is 5.11 Å². The summed E-state index contributed by atoms with van der Waals surface area (Å²) < 4.78 is 0.716. The molecule has 2 aromatic rings. The van der Waals surface area contributed by atoms with Crippen LogP contribution in [0.3, 0.4) is 0 Å². The van der Waals surface area contributed by atoms with Crippen molar-refractivity contribution in [1.82, 2.24) is 0 Å². The normalized spacial score (nSPS) is 16.0. The van der Waals surface area contributed by atoms with Crippen molar-refractivity contribution in [2.75, 3.05) is 0 Å². The Kier molecular flexibility index (Phi) is 7.67. The summed E-state index contributed by atoms with van der Waals surface area (Å²) in [7, 11) is 0. The van der Waals surface area contributed by atoms with Gasteiger partial charge in [-0.05, 0) is 22.0 Å². The second-order valence-electron chi connectivity index (χ2n) is 9.90. The van der Waals surface area contributed by atoms with E-state index in [2.05, 4.69) is 58.9 Å². The zero-order chi connectivity index (χ0) is 22.1. The van der Waals surface area contributed by atoms with Gasteiger partial charge in [0.15, 0.2) is 0 Å². The Labute approximate surface area is 197 Å². The van der Waals surface area contributed by atoms with Crippen molar-refractivity contribution in [2.24, 2.45) is 0 Å². The summed E-state index contributed by atoms with van der Waals surface area (Å²) in [6.45, 7) is 16.8. The molecule has 29 heavy (non-hydrogen) atoms. The van der Waals surface area contributed by atoms with E-state index < -0.39 is 0 Å². The minimum absolute atomic E-state index is 0.0329. The summed E-state index contributed by atoms with van der Waals surface area (Å²) in [6, 6.07) is 10.2. The SMILES string of the molecule is CC(C)(C)c1ccc([O-])c(C(C)(C)C)c1Cl.CCc1cccc2c1C=C(C)[CH]2[Zr+]. The number of halogens is 1. The average Bonchev–Trinajstić information content (AvgIpc) is 2.88. The zero-order valence-electron chi connectivity index (χ0n) is 19.0. The number of rotatable bonds is 1. The molecule has 2 aromatic carbocycles. The van der Waals surface area contributed by atoms with Crippen LogP contribution in [-0.2, 0) is 42.0 Å². The fourth-order valence-electron chi connectivity index (χ4n) is 3.76. The zero-order valence-corrected chi connectivity index (χ0v) is 22.2. The van der Waals surface area contributed by atoms with Gasteiger partial charge in [-0.25, -0.2) is 0 Å². The molecule has 0 heterocycles. The van der Waals surface area contributed by atoms with E-state index in [0.29, 0.717) is 8.65 Å². The minimum atomic E-state index is -0.213. The molecule has 0 saturated heterocycles. The fraction of sp³-hybridized carbons (Fsp3) is 0.462. The maximum atomic E-state index is 11.9. The third-order valence-corrected chi connectivity index (χ3v) is 7.69. The molecule has 154 valence electrons. The third-order valence-electron chi connectivity index (χ3n) is 5.41. The molecule has 0 amide bonds. The number of fused-ring (bicyclic) bond motifs is 1. The van der Waals surface area contributed by atoms with Crippen molar-refractivity contribution in [3.8, 4) is 5.75 Å². The topological polar surface area (TPSA) is 23.1 Å². The molecule has 0 bridgehead atoms. The molecule has 1 aliphatic rings. The van der Waals surface area contributed by atoms with Crippen molar-refractivity contribution in [3.05, 3.63) is 68.7 Å². The molecular formula is C26H33ClOZr. The maximum absolute atomic E-state index is 11.9. The van der Waals surface area contributed by atoms with Gasteiger partial charge in [0, 0.05) is 5.02 Å². The molecule has 0 radical (unpaired) electrons. The third kappa shape index (κ3) is 5.45. The average molecular weight is 488 g/mol. The monoisotopic (exact) mass is 486 g/mol. The van der Waals surface area contributed by atoms with Crippen LogP contribution >= 0.6 is 11.6 Å². The van der Waals surface area contributed by atoms with Crippen LogP contribution in [0.5, 0.6) is 5.75 Å². The predicted molar refractivity (Wildman–Crippen MR) is 121 cm³/mol. The number of hydrogen-bond donors (Lipinski definition) is 0. The summed E-state index contributed by atoms with van der Waals surface area (Å²) in [5.41, 5.74) is 7.61. The van der Waals surface area contributed by atoms with E-state index >= 15 is 0 Å². The standard InChI is InChI=1S/C14H21ClO.C12H13.Zr/c1-13(2,3)9-7-8-10(16)11(12(9)15)14(4,5)6;1-3-10-5-4-6-11-7-9(2)8-12(10)11;/h7-8,16H,1-6H3;4-8H,3H2,1-2H3;/q;;+1/p-1. The van der Waals surface area contributed by atoms with Crippen molar-refractivity contribution >= 4 is 17.7 Å². The van der Waals surface area contributed by atoms with Crippen LogP contribution in [-0.4, -0.2) is 0 Å². The molecule has 0 N–H and O–H groups in total. The van der Waals surface area contributed by atoms with Gasteiger partial charge in [0.2, 0.25) is 0 Å². The van der Waals surface area contributed by atoms with Gasteiger partial charge in [-0.3, -0.25) is 0 Å². The second-order valence-corrected chi connectivity index (χ2v) is 11.7. The molecule has 1 nitrogen and oxygen atoms in total. The fourth-order valence-corrected chi connectivity index (χ4v) is 5.31. The van der Waals surface area contributed by atoms with Crippen LogP contribution in [0.25, 0.3) is 6.08 Å². The number of allylic oxidation sites excluding steroid dienone is 1. The van der Waals surface area contributed by atoms with Gasteiger partial charge in [0.25, 0.3) is 0 Å². The predicted octanol–water partition coefficient (Wildman–Crippen LogP) is 7.26. The molecular weight excluding hydrogens is 455 g/mol. The molecule has 1 unspecified atom stereocenters.